The van der Waals surface area contributed by atoms with Crippen LogP contribution in [0.1, 0.15) is 20.7 Å². The largest absolute Gasteiger partial charge is 0.505 e. The molecule has 146 valence electrons. The molecule has 2 amide bonds. The van der Waals surface area contributed by atoms with E-state index in [0.29, 0.717) is 0 Å². The summed E-state index contributed by atoms with van der Waals surface area (Å²) in [6.07, 6.45) is 0. The second-order valence-electron chi connectivity index (χ2n) is 5.13. The standard InChI is InChI=1S/C16H14N4O8/c17-9-5-1-3-7(11(9)21)13(23)19-27-15(25)16(26)28-20-14(24)8-4-2-6-10(18)12(8)22/h1-6,21-22H,17-18H2,(H,19,23)(H,20,24). The number of aromatic hydroxyl groups is 2. The highest BCUT2D eigenvalue weighted by Gasteiger charge is 2.23. The van der Waals surface area contributed by atoms with Gasteiger partial charge in [-0.15, -0.1) is 0 Å². The molecule has 8 N–H and O–H groups in total. The zero-order chi connectivity index (χ0) is 20.8. The van der Waals surface area contributed by atoms with E-state index >= 15 is 0 Å². The number of hydrogen-bond donors (Lipinski definition) is 6. The molecule has 0 saturated heterocycles. The van der Waals surface area contributed by atoms with Crippen molar-refractivity contribution in [2.24, 2.45) is 0 Å². The first-order valence-electron chi connectivity index (χ1n) is 7.40. The van der Waals surface area contributed by atoms with Crippen LogP contribution in [-0.4, -0.2) is 34.0 Å². The van der Waals surface area contributed by atoms with Gasteiger partial charge in [-0.2, -0.15) is 11.0 Å². The fourth-order valence-corrected chi connectivity index (χ4v) is 1.87. The van der Waals surface area contributed by atoms with Gasteiger partial charge in [-0.25, -0.2) is 9.59 Å². The molecule has 0 aliphatic carbocycles. The van der Waals surface area contributed by atoms with Gasteiger partial charge in [0.05, 0.1) is 22.5 Å². The molecule has 0 aromatic heterocycles. The lowest BCUT2D eigenvalue weighted by atomic mass is 10.1. The van der Waals surface area contributed by atoms with Crippen LogP contribution in [0.2, 0.25) is 0 Å². The third kappa shape index (κ3) is 4.37. The Morgan fingerprint density at radius 2 is 1.07 bits per heavy atom. The van der Waals surface area contributed by atoms with Gasteiger partial charge < -0.3 is 31.4 Å². The first-order chi connectivity index (χ1) is 13.2. The lowest BCUT2D eigenvalue weighted by Gasteiger charge is -2.09. The van der Waals surface area contributed by atoms with Crippen LogP contribution < -0.4 is 22.4 Å². The molecule has 2 aromatic rings. The Labute approximate surface area is 156 Å². The van der Waals surface area contributed by atoms with E-state index in [9.17, 15) is 29.4 Å². The number of nitrogen functional groups attached to an aromatic ring is 2. The zero-order valence-electron chi connectivity index (χ0n) is 14.0. The average Bonchev–Trinajstić information content (AvgIpc) is 2.67. The van der Waals surface area contributed by atoms with Crippen LogP contribution in [0.4, 0.5) is 11.4 Å². The first kappa shape index (κ1) is 19.8. The molecule has 0 radical (unpaired) electrons. The highest BCUT2D eigenvalue weighted by Crippen LogP contribution is 2.24. The molecule has 0 bridgehead atoms. The topological polar surface area (TPSA) is 203 Å². The average molecular weight is 390 g/mol. The quantitative estimate of drug-likeness (QED) is 0.165. The molecule has 0 saturated carbocycles. The summed E-state index contributed by atoms with van der Waals surface area (Å²) in [5.41, 5.74) is 13.3. The number of phenols is 2. The summed E-state index contributed by atoms with van der Waals surface area (Å²) in [6.45, 7) is 0. The van der Waals surface area contributed by atoms with Gasteiger partial charge in [-0.3, -0.25) is 9.59 Å². The maximum atomic E-state index is 11.8. The van der Waals surface area contributed by atoms with Crippen LogP contribution in [0.5, 0.6) is 11.5 Å². The molecule has 0 atom stereocenters. The second-order valence-corrected chi connectivity index (χ2v) is 5.13. The van der Waals surface area contributed by atoms with Crippen LogP contribution in [-0.2, 0) is 19.3 Å². The number of hydroxylamine groups is 2. The molecule has 0 aliphatic heterocycles. The van der Waals surface area contributed by atoms with Crippen molar-refractivity contribution < 1.29 is 39.1 Å². The Morgan fingerprint density at radius 1 is 0.714 bits per heavy atom. The number of phenolic OH excluding ortho intramolecular Hbond substituents is 2. The Bertz CT molecular complexity index is 882. The summed E-state index contributed by atoms with van der Waals surface area (Å²) in [5.74, 6) is -6.61. The van der Waals surface area contributed by atoms with Crippen LogP contribution in [0.25, 0.3) is 0 Å². The monoisotopic (exact) mass is 390 g/mol. The molecule has 0 heterocycles. The van der Waals surface area contributed by atoms with Crippen molar-refractivity contribution >= 4 is 35.1 Å². The molecule has 2 rings (SSSR count). The number of rotatable bonds is 2. The number of para-hydroxylation sites is 2. The fourth-order valence-electron chi connectivity index (χ4n) is 1.87. The van der Waals surface area contributed by atoms with Gasteiger partial charge in [0.2, 0.25) is 0 Å². The summed E-state index contributed by atoms with van der Waals surface area (Å²) >= 11 is 0. The number of benzene rings is 2. The Hall–Kier alpha value is -4.48. The van der Waals surface area contributed by atoms with Crippen molar-refractivity contribution in [2.45, 2.75) is 0 Å². The molecule has 28 heavy (non-hydrogen) atoms. The second kappa shape index (κ2) is 8.27. The smallest absolute Gasteiger partial charge is 0.443 e. The highest BCUT2D eigenvalue weighted by atomic mass is 16.7. The van der Waals surface area contributed by atoms with Crippen molar-refractivity contribution in [1.82, 2.24) is 11.0 Å². The van der Waals surface area contributed by atoms with Crippen LogP contribution in [0.15, 0.2) is 36.4 Å². The fraction of sp³-hybridized carbons (Fsp3) is 0. The number of amides is 2. The van der Waals surface area contributed by atoms with Gasteiger partial charge in [0.1, 0.15) is 0 Å². The van der Waals surface area contributed by atoms with Crippen LogP contribution in [0, 0.1) is 0 Å². The normalized spacial score (nSPS) is 9.86. The van der Waals surface area contributed by atoms with Gasteiger partial charge in [-0.05, 0) is 24.3 Å². The van der Waals surface area contributed by atoms with E-state index in [0.717, 1.165) is 0 Å². The van der Waals surface area contributed by atoms with Crippen molar-refractivity contribution in [3.05, 3.63) is 47.5 Å². The molecule has 12 nitrogen and oxygen atoms in total. The summed E-state index contributed by atoms with van der Waals surface area (Å²) in [6, 6.07) is 7.76. The maximum Gasteiger partial charge on any atom is 0.443 e. The summed E-state index contributed by atoms with van der Waals surface area (Å²) < 4.78 is 0. The lowest BCUT2D eigenvalue weighted by Crippen LogP contribution is -2.36. The summed E-state index contributed by atoms with van der Waals surface area (Å²) in [4.78, 5) is 55.0. The minimum Gasteiger partial charge on any atom is -0.505 e. The molecule has 2 aromatic carbocycles. The van der Waals surface area contributed by atoms with Gasteiger partial charge in [-0.1, -0.05) is 12.1 Å². The van der Waals surface area contributed by atoms with E-state index in [1.54, 1.807) is 11.0 Å². The molecular formula is C16H14N4O8. The van der Waals surface area contributed by atoms with E-state index in [4.69, 9.17) is 11.5 Å². The third-order valence-corrected chi connectivity index (χ3v) is 3.26. The third-order valence-electron chi connectivity index (χ3n) is 3.26. The lowest BCUT2D eigenvalue weighted by molar-refractivity contribution is -0.173. The van der Waals surface area contributed by atoms with E-state index in [2.05, 4.69) is 9.68 Å². The SMILES string of the molecule is Nc1cccc(C(=O)NOC(=O)C(=O)ONC(=O)c2cccc(N)c2O)c1O. The Kier molecular flexibility index (Phi) is 5.86. The summed E-state index contributed by atoms with van der Waals surface area (Å²) in [5, 5.41) is 19.3. The number of anilines is 2. The number of carbonyl (C=O) groups excluding carboxylic acids is 4. The number of hydrogen-bond acceptors (Lipinski definition) is 10. The number of nitrogens with two attached hydrogens (primary N) is 2. The van der Waals surface area contributed by atoms with E-state index in [1.165, 1.54) is 36.4 Å². The minimum atomic E-state index is -1.69. The highest BCUT2D eigenvalue weighted by molar-refractivity contribution is 6.30. The molecule has 0 spiro atoms. The molecule has 12 heteroatoms. The van der Waals surface area contributed by atoms with Crippen molar-refractivity contribution in [1.29, 1.82) is 0 Å². The predicted molar refractivity (Wildman–Crippen MR) is 92.2 cm³/mol. The Balaban J connectivity index is 1.88. The number of nitrogens with one attached hydrogen (secondary N) is 2. The van der Waals surface area contributed by atoms with Gasteiger partial charge in [0, 0.05) is 0 Å². The van der Waals surface area contributed by atoms with E-state index < -0.39 is 35.3 Å². The Morgan fingerprint density at radius 3 is 1.43 bits per heavy atom. The first-order valence-corrected chi connectivity index (χ1v) is 7.40. The van der Waals surface area contributed by atoms with Crippen molar-refractivity contribution in [3.8, 4) is 11.5 Å². The molecule has 0 fully saturated rings. The maximum absolute atomic E-state index is 11.8. The molecule has 0 unspecified atom stereocenters. The minimum absolute atomic E-state index is 0.0918. The number of carbonyl (C=O) groups is 4. The van der Waals surface area contributed by atoms with Gasteiger partial charge >= 0.3 is 11.9 Å². The van der Waals surface area contributed by atoms with E-state index in [-0.39, 0.29) is 22.5 Å². The molecular weight excluding hydrogens is 376 g/mol. The van der Waals surface area contributed by atoms with E-state index in [1.807, 2.05) is 0 Å². The zero-order valence-corrected chi connectivity index (χ0v) is 14.0. The summed E-state index contributed by atoms with van der Waals surface area (Å²) in [7, 11) is 0. The molecule has 0 aliphatic rings. The van der Waals surface area contributed by atoms with Gasteiger partial charge in [0.25, 0.3) is 11.8 Å². The van der Waals surface area contributed by atoms with Crippen molar-refractivity contribution in [2.75, 3.05) is 11.5 Å². The van der Waals surface area contributed by atoms with Crippen LogP contribution >= 0.6 is 0 Å². The van der Waals surface area contributed by atoms with Gasteiger partial charge in [0.15, 0.2) is 11.5 Å². The predicted octanol–water partition coefficient (Wildman–Crippen LogP) is -0.662. The van der Waals surface area contributed by atoms with Crippen LogP contribution in [0.3, 0.4) is 0 Å². The van der Waals surface area contributed by atoms with Crippen molar-refractivity contribution in [3.63, 3.8) is 0 Å².